The average molecular weight is 306 g/mol. The summed E-state index contributed by atoms with van der Waals surface area (Å²) >= 11 is 0. The highest BCUT2D eigenvalue weighted by molar-refractivity contribution is 5.24. The molecule has 5 nitrogen and oxygen atoms in total. The van der Waals surface area contributed by atoms with Gasteiger partial charge in [-0.3, -0.25) is 4.68 Å². The second-order valence-electron chi connectivity index (χ2n) is 7.16. The van der Waals surface area contributed by atoms with Gasteiger partial charge in [0.1, 0.15) is 0 Å². The Bertz CT molecular complexity index is 479. The summed E-state index contributed by atoms with van der Waals surface area (Å²) in [7, 11) is 2.02. The molecule has 0 aromatic carbocycles. The molecule has 5 heteroatoms. The van der Waals surface area contributed by atoms with Crippen molar-refractivity contribution in [1.82, 2.24) is 20.0 Å². The molecule has 1 aromatic heterocycles. The number of hydrogen-bond acceptors (Lipinski definition) is 4. The van der Waals surface area contributed by atoms with E-state index in [1.165, 1.54) is 30.5 Å². The van der Waals surface area contributed by atoms with Crippen molar-refractivity contribution in [2.24, 2.45) is 13.0 Å². The number of β-amino-alcohol motifs (C(OH)–C–C–N with tert-alkyl or cyclic N) is 1. The third kappa shape index (κ3) is 3.70. The van der Waals surface area contributed by atoms with Crippen LogP contribution in [0.3, 0.4) is 0 Å². The Morgan fingerprint density at radius 3 is 2.91 bits per heavy atom. The van der Waals surface area contributed by atoms with Gasteiger partial charge in [-0.1, -0.05) is 6.92 Å². The van der Waals surface area contributed by atoms with Crippen molar-refractivity contribution in [3.63, 3.8) is 0 Å². The van der Waals surface area contributed by atoms with Crippen LogP contribution in [0, 0.1) is 5.92 Å². The van der Waals surface area contributed by atoms with E-state index in [0.717, 1.165) is 38.4 Å². The zero-order valence-corrected chi connectivity index (χ0v) is 14.0. The fraction of sp³-hybridized carbons (Fsp3) is 0.824. The molecule has 0 bridgehead atoms. The topological polar surface area (TPSA) is 53.3 Å². The average Bonchev–Trinajstić information content (AvgIpc) is 2.90. The summed E-state index contributed by atoms with van der Waals surface area (Å²) in [6.07, 6.45) is 7.71. The maximum absolute atomic E-state index is 10.3. The summed E-state index contributed by atoms with van der Waals surface area (Å²) in [5, 5.41) is 18.3. The van der Waals surface area contributed by atoms with Crippen LogP contribution >= 0.6 is 0 Å². The number of aliphatic hydroxyl groups is 1. The van der Waals surface area contributed by atoms with Crippen molar-refractivity contribution in [3.8, 4) is 0 Å². The maximum atomic E-state index is 10.3. The Kier molecular flexibility index (Phi) is 5.16. The fourth-order valence-electron chi connectivity index (χ4n) is 3.80. The Hall–Kier alpha value is -0.910. The second kappa shape index (κ2) is 7.11. The van der Waals surface area contributed by atoms with E-state index in [1.54, 1.807) is 0 Å². The molecule has 22 heavy (non-hydrogen) atoms. The smallest absolute Gasteiger partial charge is 0.0791 e. The van der Waals surface area contributed by atoms with E-state index in [-0.39, 0.29) is 6.10 Å². The Balaban J connectivity index is 1.46. The lowest BCUT2D eigenvalue weighted by Gasteiger charge is -2.32. The van der Waals surface area contributed by atoms with Gasteiger partial charge in [-0.05, 0) is 51.1 Å². The van der Waals surface area contributed by atoms with E-state index in [2.05, 4.69) is 22.2 Å². The number of aliphatic hydroxyl groups excluding tert-OH is 1. The van der Waals surface area contributed by atoms with Gasteiger partial charge in [0.05, 0.1) is 12.3 Å². The van der Waals surface area contributed by atoms with E-state index in [9.17, 15) is 5.11 Å². The molecular formula is C17H30N4O. The summed E-state index contributed by atoms with van der Waals surface area (Å²) in [5.74, 6) is 0.845. The summed E-state index contributed by atoms with van der Waals surface area (Å²) in [6, 6.07) is 0.355. The number of hydrogen-bond donors (Lipinski definition) is 2. The van der Waals surface area contributed by atoms with Crippen LogP contribution < -0.4 is 5.32 Å². The van der Waals surface area contributed by atoms with Gasteiger partial charge in [0.2, 0.25) is 0 Å². The highest BCUT2D eigenvalue weighted by Gasteiger charge is 2.24. The third-order valence-electron chi connectivity index (χ3n) is 5.32. The molecule has 1 saturated heterocycles. The predicted molar refractivity (Wildman–Crippen MR) is 87.7 cm³/mol. The number of piperidine rings is 1. The van der Waals surface area contributed by atoms with Gasteiger partial charge in [-0.15, -0.1) is 0 Å². The van der Waals surface area contributed by atoms with Crippen LogP contribution in [-0.2, 0) is 13.5 Å². The molecule has 3 rings (SSSR count). The summed E-state index contributed by atoms with van der Waals surface area (Å²) < 4.78 is 1.99. The number of rotatable bonds is 5. The predicted octanol–water partition coefficient (Wildman–Crippen LogP) is 1.48. The number of nitrogens with zero attached hydrogens (tertiary/aromatic N) is 3. The van der Waals surface area contributed by atoms with E-state index in [1.807, 2.05) is 17.9 Å². The molecule has 0 radical (unpaired) electrons. The normalized spacial score (nSPS) is 25.1. The van der Waals surface area contributed by atoms with E-state index in [4.69, 9.17) is 0 Å². The van der Waals surface area contributed by atoms with E-state index < -0.39 is 0 Å². The number of fused-ring (bicyclic) bond motifs is 1. The minimum absolute atomic E-state index is 0.282. The maximum Gasteiger partial charge on any atom is 0.0791 e. The number of likely N-dealkylation sites (tertiary alicyclic amines) is 1. The van der Waals surface area contributed by atoms with Gasteiger partial charge in [-0.25, -0.2) is 0 Å². The van der Waals surface area contributed by atoms with Gasteiger partial charge in [0, 0.05) is 37.4 Å². The first-order valence-corrected chi connectivity index (χ1v) is 8.78. The zero-order chi connectivity index (χ0) is 15.5. The van der Waals surface area contributed by atoms with Crippen molar-refractivity contribution in [2.45, 2.75) is 51.2 Å². The van der Waals surface area contributed by atoms with E-state index in [0.29, 0.717) is 12.6 Å². The molecule has 1 fully saturated rings. The van der Waals surface area contributed by atoms with Gasteiger partial charge in [0.25, 0.3) is 0 Å². The number of aromatic nitrogens is 2. The summed E-state index contributed by atoms with van der Waals surface area (Å²) in [6.45, 7) is 6.06. The van der Waals surface area contributed by atoms with Crippen LogP contribution in [-0.4, -0.2) is 52.1 Å². The van der Waals surface area contributed by atoms with Crippen LogP contribution in [0.15, 0.2) is 6.20 Å². The van der Waals surface area contributed by atoms with Gasteiger partial charge in [0.15, 0.2) is 0 Å². The van der Waals surface area contributed by atoms with Crippen molar-refractivity contribution < 1.29 is 5.11 Å². The van der Waals surface area contributed by atoms with Crippen LogP contribution in [0.25, 0.3) is 0 Å². The molecule has 2 heterocycles. The summed E-state index contributed by atoms with van der Waals surface area (Å²) in [5.41, 5.74) is 2.68. The molecule has 1 aliphatic heterocycles. The first kappa shape index (κ1) is 16.0. The van der Waals surface area contributed by atoms with Crippen LogP contribution in [0.1, 0.15) is 49.9 Å². The van der Waals surface area contributed by atoms with Crippen LogP contribution in [0.2, 0.25) is 0 Å². The van der Waals surface area contributed by atoms with Gasteiger partial charge >= 0.3 is 0 Å². The molecule has 2 aliphatic rings. The molecule has 1 aliphatic carbocycles. The van der Waals surface area contributed by atoms with Crippen LogP contribution in [0.4, 0.5) is 0 Å². The molecule has 2 N–H and O–H groups in total. The van der Waals surface area contributed by atoms with E-state index >= 15 is 0 Å². The monoisotopic (exact) mass is 306 g/mol. The third-order valence-corrected chi connectivity index (χ3v) is 5.32. The molecule has 1 aromatic rings. The highest BCUT2D eigenvalue weighted by Crippen LogP contribution is 2.29. The molecule has 2 atom stereocenters. The summed E-state index contributed by atoms with van der Waals surface area (Å²) in [4.78, 5) is 2.41. The Labute approximate surface area is 133 Å². The molecule has 0 saturated carbocycles. The Morgan fingerprint density at radius 2 is 2.14 bits per heavy atom. The van der Waals surface area contributed by atoms with Gasteiger partial charge in [-0.2, -0.15) is 5.10 Å². The minimum Gasteiger partial charge on any atom is -0.390 e. The first-order chi connectivity index (χ1) is 10.6. The first-order valence-electron chi connectivity index (χ1n) is 8.78. The van der Waals surface area contributed by atoms with Crippen LogP contribution in [0.5, 0.6) is 0 Å². The lowest BCUT2D eigenvalue weighted by molar-refractivity contribution is 0.0883. The fourth-order valence-corrected chi connectivity index (χ4v) is 3.80. The quantitative estimate of drug-likeness (QED) is 0.865. The highest BCUT2D eigenvalue weighted by atomic mass is 16.3. The standard InChI is InChI=1S/C17H30N4O/c1-13-6-8-21(9-7-13)12-14(22)10-18-16-4-3-5-17-15(16)11-19-20(17)2/h11,13-14,16,18,22H,3-10,12H2,1-2H3. The van der Waals surface area contributed by atoms with Gasteiger partial charge < -0.3 is 15.3 Å². The van der Waals surface area contributed by atoms with Crippen molar-refractivity contribution in [2.75, 3.05) is 26.2 Å². The van der Waals surface area contributed by atoms with Crippen molar-refractivity contribution >= 4 is 0 Å². The molecule has 0 spiro atoms. The largest absolute Gasteiger partial charge is 0.390 e. The number of aryl methyl sites for hydroxylation is 1. The second-order valence-corrected chi connectivity index (χ2v) is 7.16. The molecule has 2 unspecified atom stereocenters. The Morgan fingerprint density at radius 1 is 1.36 bits per heavy atom. The van der Waals surface area contributed by atoms with Crippen molar-refractivity contribution in [3.05, 3.63) is 17.5 Å². The zero-order valence-electron chi connectivity index (χ0n) is 14.0. The lowest BCUT2D eigenvalue weighted by Crippen LogP contribution is -2.42. The SMILES string of the molecule is CC1CCN(CC(O)CNC2CCCc3c2cnn3C)CC1. The lowest BCUT2D eigenvalue weighted by atomic mass is 9.93. The number of nitrogens with one attached hydrogen (secondary N) is 1. The molecule has 0 amide bonds. The molecule has 124 valence electrons. The van der Waals surface area contributed by atoms with Crippen molar-refractivity contribution in [1.29, 1.82) is 0 Å². The molecular weight excluding hydrogens is 276 g/mol. The minimum atomic E-state index is -0.282.